The molecule has 5 heteroatoms. The summed E-state index contributed by atoms with van der Waals surface area (Å²) in [6.45, 7) is 0.235. The van der Waals surface area contributed by atoms with Gasteiger partial charge in [-0.05, 0) is 29.8 Å². The standard InChI is InChI=1S/C13H11FN2OS/c14-10-3-1-2-4-12(10)17-8-9-5-6-16-11(7-9)13(15)18/h1-7H,8H2,(H2,15,18). The molecule has 0 aliphatic carbocycles. The lowest BCUT2D eigenvalue weighted by molar-refractivity contribution is 0.290. The summed E-state index contributed by atoms with van der Waals surface area (Å²) in [7, 11) is 0. The van der Waals surface area contributed by atoms with Gasteiger partial charge in [0.05, 0.1) is 5.69 Å². The molecule has 2 aromatic rings. The normalized spacial score (nSPS) is 10.1. The van der Waals surface area contributed by atoms with E-state index in [9.17, 15) is 4.39 Å². The Hall–Kier alpha value is -2.01. The maximum absolute atomic E-state index is 13.3. The lowest BCUT2D eigenvalue weighted by atomic mass is 10.2. The van der Waals surface area contributed by atoms with E-state index < -0.39 is 0 Å². The molecule has 2 rings (SSSR count). The minimum absolute atomic E-state index is 0.214. The SMILES string of the molecule is NC(=S)c1cc(COc2ccccc2F)ccn1. The van der Waals surface area contributed by atoms with E-state index in [1.54, 1.807) is 36.5 Å². The third kappa shape index (κ3) is 3.01. The minimum atomic E-state index is -0.388. The third-order valence-corrected chi connectivity index (χ3v) is 2.52. The summed E-state index contributed by atoms with van der Waals surface area (Å²) in [4.78, 5) is 4.24. The van der Waals surface area contributed by atoms with Gasteiger partial charge in [-0.1, -0.05) is 24.4 Å². The van der Waals surface area contributed by atoms with Crippen LogP contribution < -0.4 is 10.5 Å². The van der Waals surface area contributed by atoms with Crippen LogP contribution in [0.2, 0.25) is 0 Å². The molecule has 0 aliphatic rings. The molecule has 92 valence electrons. The van der Waals surface area contributed by atoms with E-state index in [1.807, 2.05) is 0 Å². The summed E-state index contributed by atoms with van der Waals surface area (Å²) in [5, 5.41) is 0. The van der Waals surface area contributed by atoms with Gasteiger partial charge >= 0.3 is 0 Å². The second-order valence-electron chi connectivity index (χ2n) is 3.63. The highest BCUT2D eigenvalue weighted by Crippen LogP contribution is 2.17. The fourth-order valence-corrected chi connectivity index (χ4v) is 1.53. The summed E-state index contributed by atoms with van der Waals surface area (Å²) in [5.74, 6) is -0.174. The van der Waals surface area contributed by atoms with Gasteiger partial charge in [0.25, 0.3) is 0 Å². The zero-order valence-electron chi connectivity index (χ0n) is 9.47. The van der Waals surface area contributed by atoms with Crippen LogP contribution in [0.25, 0.3) is 0 Å². The van der Waals surface area contributed by atoms with E-state index in [2.05, 4.69) is 4.98 Å². The van der Waals surface area contributed by atoms with Crippen molar-refractivity contribution in [3.05, 3.63) is 59.7 Å². The van der Waals surface area contributed by atoms with Gasteiger partial charge in [-0.2, -0.15) is 0 Å². The molecule has 3 nitrogen and oxygen atoms in total. The number of nitrogens with two attached hydrogens (primary N) is 1. The van der Waals surface area contributed by atoms with Crippen LogP contribution in [0, 0.1) is 5.82 Å². The van der Waals surface area contributed by atoms with Crippen LogP contribution in [0.3, 0.4) is 0 Å². The van der Waals surface area contributed by atoms with Crippen LogP contribution in [0.1, 0.15) is 11.3 Å². The molecular formula is C13H11FN2OS. The highest BCUT2D eigenvalue weighted by atomic mass is 32.1. The topological polar surface area (TPSA) is 48.1 Å². The Bertz CT molecular complexity index is 574. The highest BCUT2D eigenvalue weighted by molar-refractivity contribution is 7.80. The third-order valence-electron chi connectivity index (χ3n) is 2.31. The van der Waals surface area contributed by atoms with E-state index in [4.69, 9.17) is 22.7 Å². The van der Waals surface area contributed by atoms with Gasteiger partial charge in [-0.3, -0.25) is 4.98 Å². The molecule has 18 heavy (non-hydrogen) atoms. The molecule has 0 bridgehead atoms. The summed E-state index contributed by atoms with van der Waals surface area (Å²) >= 11 is 4.83. The number of pyridine rings is 1. The second-order valence-corrected chi connectivity index (χ2v) is 4.07. The van der Waals surface area contributed by atoms with Gasteiger partial charge in [0.1, 0.15) is 11.6 Å². The molecule has 0 unspecified atom stereocenters. The van der Waals surface area contributed by atoms with Crippen molar-refractivity contribution in [3.8, 4) is 5.75 Å². The predicted octanol–water partition coefficient (Wildman–Crippen LogP) is 2.43. The van der Waals surface area contributed by atoms with Crippen molar-refractivity contribution >= 4 is 17.2 Å². The van der Waals surface area contributed by atoms with Crippen LogP contribution in [-0.4, -0.2) is 9.97 Å². The molecule has 0 aliphatic heterocycles. The van der Waals surface area contributed by atoms with Crippen LogP contribution in [0.15, 0.2) is 42.6 Å². The number of para-hydroxylation sites is 1. The monoisotopic (exact) mass is 262 g/mol. The number of benzene rings is 1. The molecule has 0 radical (unpaired) electrons. The van der Waals surface area contributed by atoms with Gasteiger partial charge in [0, 0.05) is 6.20 Å². The first-order valence-electron chi connectivity index (χ1n) is 5.29. The summed E-state index contributed by atoms with van der Waals surface area (Å²) in [5.41, 5.74) is 6.84. The van der Waals surface area contributed by atoms with E-state index in [0.29, 0.717) is 5.69 Å². The minimum Gasteiger partial charge on any atom is -0.486 e. The van der Waals surface area contributed by atoms with Gasteiger partial charge < -0.3 is 10.5 Å². The van der Waals surface area contributed by atoms with Crippen molar-refractivity contribution < 1.29 is 9.13 Å². The van der Waals surface area contributed by atoms with Gasteiger partial charge in [0.15, 0.2) is 11.6 Å². The van der Waals surface area contributed by atoms with Crippen LogP contribution in [0.5, 0.6) is 5.75 Å². The molecule has 1 aromatic carbocycles. The molecule has 0 saturated heterocycles. The molecule has 0 saturated carbocycles. The Kier molecular flexibility index (Phi) is 3.84. The largest absolute Gasteiger partial charge is 0.486 e. The summed E-state index contributed by atoms with van der Waals surface area (Å²) < 4.78 is 18.7. The van der Waals surface area contributed by atoms with Crippen molar-refractivity contribution in [3.63, 3.8) is 0 Å². The quantitative estimate of drug-likeness (QED) is 0.860. The van der Waals surface area contributed by atoms with Gasteiger partial charge in [0.2, 0.25) is 0 Å². The molecule has 0 spiro atoms. The number of hydrogen-bond donors (Lipinski definition) is 1. The summed E-state index contributed by atoms with van der Waals surface area (Å²) in [6.07, 6.45) is 1.59. The van der Waals surface area contributed by atoms with Crippen molar-refractivity contribution in [1.29, 1.82) is 0 Å². The van der Waals surface area contributed by atoms with Crippen molar-refractivity contribution in [2.45, 2.75) is 6.61 Å². The average Bonchev–Trinajstić information content (AvgIpc) is 2.38. The number of ether oxygens (including phenoxy) is 1. The number of hydrogen-bond acceptors (Lipinski definition) is 3. The van der Waals surface area contributed by atoms with E-state index in [0.717, 1.165) is 5.56 Å². The lowest BCUT2D eigenvalue weighted by Gasteiger charge is -2.07. The number of thiocarbonyl (C=S) groups is 1. The van der Waals surface area contributed by atoms with Crippen LogP contribution >= 0.6 is 12.2 Å². The molecule has 1 aromatic heterocycles. The lowest BCUT2D eigenvalue weighted by Crippen LogP contribution is -2.12. The zero-order chi connectivity index (χ0) is 13.0. The Morgan fingerprint density at radius 2 is 2.11 bits per heavy atom. The fraction of sp³-hybridized carbons (Fsp3) is 0.0769. The highest BCUT2D eigenvalue weighted by Gasteiger charge is 2.04. The summed E-state index contributed by atoms with van der Waals surface area (Å²) in [6, 6.07) is 9.74. The molecule has 2 N–H and O–H groups in total. The van der Waals surface area contributed by atoms with E-state index >= 15 is 0 Å². The maximum Gasteiger partial charge on any atom is 0.165 e. The van der Waals surface area contributed by atoms with E-state index in [1.165, 1.54) is 6.07 Å². The van der Waals surface area contributed by atoms with Crippen molar-refractivity contribution in [2.24, 2.45) is 5.73 Å². The van der Waals surface area contributed by atoms with Crippen molar-refractivity contribution in [1.82, 2.24) is 4.98 Å². The second kappa shape index (κ2) is 5.55. The molecule has 1 heterocycles. The number of halogens is 1. The Labute approximate surface area is 109 Å². The first kappa shape index (κ1) is 12.4. The number of aromatic nitrogens is 1. The Morgan fingerprint density at radius 3 is 2.83 bits per heavy atom. The molecule has 0 atom stereocenters. The predicted molar refractivity (Wildman–Crippen MR) is 70.9 cm³/mol. The van der Waals surface area contributed by atoms with Crippen LogP contribution in [-0.2, 0) is 6.61 Å². The number of rotatable bonds is 4. The van der Waals surface area contributed by atoms with Crippen LogP contribution in [0.4, 0.5) is 4.39 Å². The number of nitrogens with zero attached hydrogens (tertiary/aromatic N) is 1. The Balaban J connectivity index is 2.09. The average molecular weight is 262 g/mol. The molecule has 0 fully saturated rings. The van der Waals surface area contributed by atoms with E-state index in [-0.39, 0.29) is 23.2 Å². The zero-order valence-corrected chi connectivity index (χ0v) is 10.3. The Morgan fingerprint density at radius 1 is 1.33 bits per heavy atom. The smallest absolute Gasteiger partial charge is 0.165 e. The fourth-order valence-electron chi connectivity index (χ4n) is 1.42. The first-order valence-corrected chi connectivity index (χ1v) is 5.69. The maximum atomic E-state index is 13.3. The molecule has 0 amide bonds. The van der Waals surface area contributed by atoms with Gasteiger partial charge in [-0.25, -0.2) is 4.39 Å². The first-order chi connectivity index (χ1) is 8.66. The molecular weight excluding hydrogens is 251 g/mol. The van der Waals surface area contributed by atoms with Gasteiger partial charge in [-0.15, -0.1) is 0 Å². The van der Waals surface area contributed by atoms with Crippen molar-refractivity contribution in [2.75, 3.05) is 0 Å².